The van der Waals surface area contributed by atoms with Crippen LogP contribution < -0.4 is 14.8 Å². The molecule has 2 atom stereocenters. The molecule has 0 aliphatic rings. The van der Waals surface area contributed by atoms with E-state index in [4.69, 9.17) is 14.2 Å². The van der Waals surface area contributed by atoms with Crippen LogP contribution in [0.3, 0.4) is 0 Å². The van der Waals surface area contributed by atoms with E-state index in [-0.39, 0.29) is 18.1 Å². The third-order valence-corrected chi connectivity index (χ3v) is 3.04. The van der Waals surface area contributed by atoms with Gasteiger partial charge in [0.1, 0.15) is 17.5 Å². The lowest BCUT2D eigenvalue weighted by Crippen LogP contribution is -2.37. The second-order valence-electron chi connectivity index (χ2n) is 4.47. The molecule has 112 valence electrons. The van der Waals surface area contributed by atoms with E-state index in [0.717, 1.165) is 17.1 Å². The molecule has 1 aromatic carbocycles. The number of nitrogens with one attached hydrogen (secondary N) is 1. The molecule has 0 aromatic heterocycles. The van der Waals surface area contributed by atoms with E-state index in [1.807, 2.05) is 25.1 Å². The minimum absolute atomic E-state index is 0.0699. The third-order valence-electron chi connectivity index (χ3n) is 3.04. The number of hydrogen-bond donors (Lipinski definition) is 1. The molecule has 0 amide bonds. The smallest absolute Gasteiger partial charge is 0.322 e. The van der Waals surface area contributed by atoms with E-state index in [9.17, 15) is 4.79 Å². The van der Waals surface area contributed by atoms with Gasteiger partial charge in [0.05, 0.1) is 20.8 Å². The first-order chi connectivity index (χ1) is 9.53. The van der Waals surface area contributed by atoms with Crippen molar-refractivity contribution in [3.8, 4) is 11.5 Å². The Kier molecular flexibility index (Phi) is 6.31. The number of carbonyl (C=O) groups excluding carboxylic acids is 1. The van der Waals surface area contributed by atoms with Gasteiger partial charge in [-0.3, -0.25) is 10.1 Å². The van der Waals surface area contributed by atoms with Crippen molar-refractivity contribution in [1.29, 1.82) is 0 Å². The van der Waals surface area contributed by atoms with Gasteiger partial charge in [-0.2, -0.15) is 0 Å². The second kappa shape index (κ2) is 7.75. The van der Waals surface area contributed by atoms with E-state index in [1.165, 1.54) is 0 Å². The first-order valence-corrected chi connectivity index (χ1v) is 6.68. The molecule has 1 aromatic rings. The van der Waals surface area contributed by atoms with Crippen molar-refractivity contribution in [2.24, 2.45) is 0 Å². The Bertz CT molecular complexity index is 447. The molecule has 1 N–H and O–H groups in total. The van der Waals surface area contributed by atoms with E-state index in [1.54, 1.807) is 28.1 Å². The van der Waals surface area contributed by atoms with E-state index in [2.05, 4.69) is 5.32 Å². The Labute approximate surface area is 120 Å². The fraction of sp³-hybridized carbons (Fsp3) is 0.533. The maximum Gasteiger partial charge on any atom is 0.322 e. The van der Waals surface area contributed by atoms with Crippen LogP contribution in [0.1, 0.15) is 32.4 Å². The van der Waals surface area contributed by atoms with Crippen molar-refractivity contribution >= 4 is 5.97 Å². The zero-order chi connectivity index (χ0) is 15.1. The third kappa shape index (κ3) is 4.13. The molecule has 0 heterocycles. The van der Waals surface area contributed by atoms with Crippen molar-refractivity contribution in [2.75, 3.05) is 20.8 Å². The second-order valence-corrected chi connectivity index (χ2v) is 4.47. The standard InChI is InChI=1S/C15H23NO4/c1-6-20-15(17)11(3)16-10(2)13-9-12(18-4)7-8-14(13)19-5/h7-11,16H,6H2,1-5H3. The molecule has 0 aliphatic carbocycles. The first-order valence-electron chi connectivity index (χ1n) is 6.68. The van der Waals surface area contributed by atoms with Gasteiger partial charge in [-0.25, -0.2) is 0 Å². The molecule has 0 aliphatic heterocycles. The molecule has 1 rings (SSSR count). The summed E-state index contributed by atoms with van der Waals surface area (Å²) in [4.78, 5) is 11.6. The van der Waals surface area contributed by atoms with Crippen molar-refractivity contribution in [3.63, 3.8) is 0 Å². The zero-order valence-corrected chi connectivity index (χ0v) is 12.7. The van der Waals surface area contributed by atoms with E-state index < -0.39 is 0 Å². The van der Waals surface area contributed by atoms with Crippen molar-refractivity contribution in [2.45, 2.75) is 32.9 Å². The van der Waals surface area contributed by atoms with Gasteiger partial charge in [-0.15, -0.1) is 0 Å². The van der Waals surface area contributed by atoms with Crippen LogP contribution in [0.5, 0.6) is 11.5 Å². The lowest BCUT2D eigenvalue weighted by molar-refractivity contribution is -0.145. The lowest BCUT2D eigenvalue weighted by atomic mass is 10.1. The Morgan fingerprint density at radius 3 is 2.50 bits per heavy atom. The summed E-state index contributed by atoms with van der Waals surface area (Å²) >= 11 is 0. The zero-order valence-electron chi connectivity index (χ0n) is 12.7. The van der Waals surface area contributed by atoms with Crippen molar-refractivity contribution < 1.29 is 19.0 Å². The minimum atomic E-state index is -0.388. The lowest BCUT2D eigenvalue weighted by Gasteiger charge is -2.21. The molecule has 0 radical (unpaired) electrons. The van der Waals surface area contributed by atoms with Gasteiger partial charge in [-0.1, -0.05) is 0 Å². The van der Waals surface area contributed by atoms with E-state index >= 15 is 0 Å². The molecular formula is C15H23NO4. The normalized spacial score (nSPS) is 13.4. The first kappa shape index (κ1) is 16.3. The number of benzene rings is 1. The molecule has 5 heteroatoms. The summed E-state index contributed by atoms with van der Waals surface area (Å²) in [6, 6.07) is 5.12. The highest BCUT2D eigenvalue weighted by Crippen LogP contribution is 2.29. The summed E-state index contributed by atoms with van der Waals surface area (Å²) in [7, 11) is 3.23. The SMILES string of the molecule is CCOC(=O)C(C)NC(C)c1cc(OC)ccc1OC. The predicted octanol–water partition coefficient (Wildman–Crippen LogP) is 2.31. The average molecular weight is 281 g/mol. The van der Waals surface area contributed by atoms with E-state index in [0.29, 0.717) is 6.61 Å². The van der Waals surface area contributed by atoms with Crippen LogP contribution in [0.2, 0.25) is 0 Å². The number of hydrogen-bond acceptors (Lipinski definition) is 5. The number of rotatable bonds is 7. The maximum absolute atomic E-state index is 11.6. The molecule has 5 nitrogen and oxygen atoms in total. The highest BCUT2D eigenvalue weighted by Gasteiger charge is 2.19. The quantitative estimate of drug-likeness (QED) is 0.777. The van der Waals surface area contributed by atoms with Crippen molar-refractivity contribution in [1.82, 2.24) is 5.32 Å². The van der Waals surface area contributed by atoms with Crippen LogP contribution in [0.4, 0.5) is 0 Å². The fourth-order valence-corrected chi connectivity index (χ4v) is 1.98. The van der Waals surface area contributed by atoms with Gasteiger partial charge >= 0.3 is 5.97 Å². The summed E-state index contributed by atoms with van der Waals surface area (Å²) in [6.45, 7) is 5.91. The molecule has 0 saturated carbocycles. The largest absolute Gasteiger partial charge is 0.497 e. The van der Waals surface area contributed by atoms with Crippen LogP contribution in [-0.2, 0) is 9.53 Å². The van der Waals surface area contributed by atoms with Gasteiger partial charge in [0.15, 0.2) is 0 Å². The summed E-state index contributed by atoms with van der Waals surface area (Å²) in [5.74, 6) is 1.24. The number of esters is 1. The fourth-order valence-electron chi connectivity index (χ4n) is 1.98. The van der Waals surface area contributed by atoms with Crippen molar-refractivity contribution in [3.05, 3.63) is 23.8 Å². The summed E-state index contributed by atoms with van der Waals surface area (Å²) < 4.78 is 15.5. The highest BCUT2D eigenvalue weighted by molar-refractivity contribution is 5.75. The van der Waals surface area contributed by atoms with Gasteiger partial charge in [-0.05, 0) is 39.0 Å². The van der Waals surface area contributed by atoms with Crippen LogP contribution in [0, 0.1) is 0 Å². The van der Waals surface area contributed by atoms with Crippen LogP contribution >= 0.6 is 0 Å². The predicted molar refractivity (Wildman–Crippen MR) is 77.2 cm³/mol. The molecule has 2 unspecified atom stereocenters. The molecule has 0 saturated heterocycles. The summed E-state index contributed by atoms with van der Waals surface area (Å²) in [6.07, 6.45) is 0. The van der Waals surface area contributed by atoms with Gasteiger partial charge in [0, 0.05) is 11.6 Å². The van der Waals surface area contributed by atoms with Crippen LogP contribution in [-0.4, -0.2) is 32.8 Å². The number of ether oxygens (including phenoxy) is 3. The summed E-state index contributed by atoms with van der Waals surface area (Å²) in [5.41, 5.74) is 0.933. The molecule has 0 spiro atoms. The maximum atomic E-state index is 11.6. The molecule has 0 fully saturated rings. The minimum Gasteiger partial charge on any atom is -0.497 e. The Morgan fingerprint density at radius 2 is 1.95 bits per heavy atom. The Morgan fingerprint density at radius 1 is 1.25 bits per heavy atom. The molecule has 20 heavy (non-hydrogen) atoms. The topological polar surface area (TPSA) is 56.8 Å². The Balaban J connectivity index is 2.85. The summed E-state index contributed by atoms with van der Waals surface area (Å²) in [5, 5.41) is 3.20. The van der Waals surface area contributed by atoms with Gasteiger partial charge < -0.3 is 14.2 Å². The van der Waals surface area contributed by atoms with Gasteiger partial charge in [0.25, 0.3) is 0 Å². The molecular weight excluding hydrogens is 258 g/mol. The monoisotopic (exact) mass is 281 g/mol. The highest BCUT2D eigenvalue weighted by atomic mass is 16.5. The van der Waals surface area contributed by atoms with Gasteiger partial charge in [0.2, 0.25) is 0 Å². The Hall–Kier alpha value is -1.75. The number of carbonyl (C=O) groups is 1. The molecule has 0 bridgehead atoms. The number of methoxy groups -OCH3 is 2. The van der Waals surface area contributed by atoms with Crippen LogP contribution in [0.25, 0.3) is 0 Å². The van der Waals surface area contributed by atoms with Crippen LogP contribution in [0.15, 0.2) is 18.2 Å². The average Bonchev–Trinajstić information content (AvgIpc) is 2.46.